The van der Waals surface area contributed by atoms with E-state index < -0.39 is 11.9 Å². The Hall–Kier alpha value is -2.12. The number of hydroxylamine groups is 1. The Labute approximate surface area is 90.6 Å². The summed E-state index contributed by atoms with van der Waals surface area (Å²) in [7, 11) is 1.47. The predicted molar refractivity (Wildman–Crippen MR) is 54.1 cm³/mol. The molecule has 0 saturated carbocycles. The number of hydrogen-bond acceptors (Lipinski definition) is 5. The van der Waals surface area contributed by atoms with Gasteiger partial charge in [-0.1, -0.05) is 6.07 Å². The van der Waals surface area contributed by atoms with Gasteiger partial charge in [0.2, 0.25) is 0 Å². The van der Waals surface area contributed by atoms with Crippen LogP contribution in [-0.2, 0) is 4.94 Å². The van der Waals surface area contributed by atoms with Gasteiger partial charge in [-0.2, -0.15) is 10.4 Å². The van der Waals surface area contributed by atoms with Gasteiger partial charge in [-0.05, 0) is 12.1 Å². The number of anilines is 1. The maximum Gasteiger partial charge on any atom is 0.338 e. The van der Waals surface area contributed by atoms with Crippen LogP contribution in [0, 0.1) is 0 Å². The third-order valence-electron chi connectivity index (χ3n) is 1.77. The molecule has 0 radical (unpaired) electrons. The molecular formula is C9H10N2O5. The van der Waals surface area contributed by atoms with Crippen LogP contribution in [0.25, 0.3) is 0 Å². The van der Waals surface area contributed by atoms with Crippen molar-refractivity contribution < 1.29 is 24.7 Å². The minimum atomic E-state index is -1.35. The van der Waals surface area contributed by atoms with E-state index in [1.54, 1.807) is 0 Å². The summed E-state index contributed by atoms with van der Waals surface area (Å²) in [5.74, 6) is -2.66. The number of nitrogens with one attached hydrogen (secondary N) is 2. The molecule has 0 atom stereocenters. The molecule has 0 aliphatic carbocycles. The van der Waals surface area contributed by atoms with Crippen LogP contribution >= 0.6 is 0 Å². The highest BCUT2D eigenvalue weighted by Crippen LogP contribution is 2.20. The molecule has 86 valence electrons. The van der Waals surface area contributed by atoms with E-state index in [1.807, 2.05) is 0 Å². The molecule has 0 spiro atoms. The molecule has 0 aromatic heterocycles. The average molecular weight is 226 g/mol. The molecule has 1 rings (SSSR count). The minimum Gasteiger partial charge on any atom is -0.478 e. The quantitative estimate of drug-likeness (QED) is 0.543. The van der Waals surface area contributed by atoms with E-state index in [-0.39, 0.29) is 16.8 Å². The second kappa shape index (κ2) is 5.10. The van der Waals surface area contributed by atoms with Crippen LogP contribution in [0.4, 0.5) is 5.69 Å². The van der Waals surface area contributed by atoms with Gasteiger partial charge in [0.15, 0.2) is 0 Å². The summed E-state index contributed by atoms with van der Waals surface area (Å²) in [4.78, 5) is 26.3. The first-order valence-corrected chi connectivity index (χ1v) is 4.26. The van der Waals surface area contributed by atoms with E-state index >= 15 is 0 Å². The van der Waals surface area contributed by atoms with Gasteiger partial charge in [0.25, 0.3) is 0 Å². The van der Waals surface area contributed by atoms with E-state index in [2.05, 4.69) is 15.9 Å². The van der Waals surface area contributed by atoms with Crippen molar-refractivity contribution in [3.8, 4) is 0 Å². The number of carboxylic acid groups (broad SMARTS) is 2. The second-order valence-electron chi connectivity index (χ2n) is 2.75. The van der Waals surface area contributed by atoms with Gasteiger partial charge < -0.3 is 10.2 Å². The topological polar surface area (TPSA) is 108 Å². The van der Waals surface area contributed by atoms with Crippen molar-refractivity contribution in [2.75, 3.05) is 12.5 Å². The van der Waals surface area contributed by atoms with Crippen molar-refractivity contribution in [2.24, 2.45) is 0 Å². The molecular weight excluding hydrogens is 216 g/mol. The monoisotopic (exact) mass is 226 g/mol. The second-order valence-corrected chi connectivity index (χ2v) is 2.75. The van der Waals surface area contributed by atoms with Crippen molar-refractivity contribution in [3.05, 3.63) is 29.3 Å². The first kappa shape index (κ1) is 12.0. The van der Waals surface area contributed by atoms with Crippen molar-refractivity contribution in [1.82, 2.24) is 5.48 Å². The molecule has 7 nitrogen and oxygen atoms in total. The van der Waals surface area contributed by atoms with E-state index in [4.69, 9.17) is 10.2 Å². The van der Waals surface area contributed by atoms with Crippen LogP contribution in [0.5, 0.6) is 0 Å². The summed E-state index contributed by atoms with van der Waals surface area (Å²) < 4.78 is 0. The Morgan fingerprint density at radius 2 is 1.94 bits per heavy atom. The van der Waals surface area contributed by atoms with E-state index in [9.17, 15) is 9.59 Å². The van der Waals surface area contributed by atoms with Gasteiger partial charge in [-0.25, -0.2) is 15.1 Å². The fourth-order valence-corrected chi connectivity index (χ4v) is 1.15. The Kier molecular flexibility index (Phi) is 3.81. The highest BCUT2D eigenvalue weighted by molar-refractivity contribution is 6.05. The molecule has 0 unspecified atom stereocenters. The van der Waals surface area contributed by atoms with E-state index in [1.165, 1.54) is 25.2 Å². The highest BCUT2D eigenvalue weighted by Gasteiger charge is 2.19. The van der Waals surface area contributed by atoms with Gasteiger partial charge in [0.05, 0.1) is 16.8 Å². The number of benzene rings is 1. The van der Waals surface area contributed by atoms with Crippen molar-refractivity contribution in [3.63, 3.8) is 0 Å². The SMILES string of the molecule is CNONc1cccc(C(=O)O)c1C(=O)O. The maximum absolute atomic E-state index is 10.9. The summed E-state index contributed by atoms with van der Waals surface area (Å²) in [6.45, 7) is 0. The highest BCUT2D eigenvalue weighted by atomic mass is 16.8. The summed E-state index contributed by atoms with van der Waals surface area (Å²) in [5.41, 5.74) is 3.96. The Balaban J connectivity index is 3.21. The molecule has 4 N–H and O–H groups in total. The zero-order chi connectivity index (χ0) is 12.1. The fourth-order valence-electron chi connectivity index (χ4n) is 1.15. The number of rotatable bonds is 5. The van der Waals surface area contributed by atoms with Gasteiger partial charge >= 0.3 is 11.9 Å². The van der Waals surface area contributed by atoms with Gasteiger partial charge in [0, 0.05) is 7.05 Å². The number of aromatic carboxylic acids is 2. The summed E-state index contributed by atoms with van der Waals surface area (Å²) in [6, 6.07) is 4.01. The lowest BCUT2D eigenvalue weighted by Crippen LogP contribution is -2.17. The van der Waals surface area contributed by atoms with Crippen molar-refractivity contribution in [2.45, 2.75) is 0 Å². The molecule has 0 bridgehead atoms. The zero-order valence-electron chi connectivity index (χ0n) is 8.35. The zero-order valence-corrected chi connectivity index (χ0v) is 8.35. The normalized spacial score (nSPS) is 9.81. The van der Waals surface area contributed by atoms with Crippen LogP contribution in [0.2, 0.25) is 0 Å². The first-order chi connectivity index (χ1) is 7.57. The van der Waals surface area contributed by atoms with Crippen molar-refractivity contribution in [1.29, 1.82) is 0 Å². The molecule has 0 fully saturated rings. The summed E-state index contributed by atoms with van der Waals surface area (Å²) in [5, 5.41) is 17.7. The molecule has 0 heterocycles. The Bertz CT molecular complexity index is 418. The lowest BCUT2D eigenvalue weighted by Gasteiger charge is -2.09. The van der Waals surface area contributed by atoms with Crippen LogP contribution < -0.4 is 11.0 Å². The molecule has 16 heavy (non-hydrogen) atoms. The minimum absolute atomic E-state index is 0.0572. The summed E-state index contributed by atoms with van der Waals surface area (Å²) >= 11 is 0. The van der Waals surface area contributed by atoms with Crippen LogP contribution in [0.15, 0.2) is 18.2 Å². The van der Waals surface area contributed by atoms with Crippen molar-refractivity contribution >= 4 is 17.6 Å². The predicted octanol–water partition coefficient (Wildman–Crippen LogP) is 0.561. The summed E-state index contributed by atoms with van der Waals surface area (Å²) in [6.07, 6.45) is 0. The Morgan fingerprint density at radius 1 is 1.25 bits per heavy atom. The third-order valence-corrected chi connectivity index (χ3v) is 1.77. The number of carboxylic acids is 2. The first-order valence-electron chi connectivity index (χ1n) is 4.26. The van der Waals surface area contributed by atoms with Crippen LogP contribution in [-0.4, -0.2) is 29.2 Å². The van der Waals surface area contributed by atoms with Gasteiger partial charge in [-0.15, -0.1) is 0 Å². The third kappa shape index (κ3) is 2.47. The Morgan fingerprint density at radius 3 is 2.44 bits per heavy atom. The molecule has 7 heteroatoms. The van der Waals surface area contributed by atoms with Gasteiger partial charge in [-0.3, -0.25) is 0 Å². The number of hydrogen-bond donors (Lipinski definition) is 4. The molecule has 0 saturated heterocycles. The lowest BCUT2D eigenvalue weighted by molar-refractivity contribution is 0.0649. The standard InChI is InChI=1S/C9H10N2O5/c1-10-16-11-6-4-2-3-5(8(12)13)7(6)9(14)15/h2-4,10-11H,1H3,(H,12,13)(H,14,15). The van der Waals surface area contributed by atoms with E-state index in [0.717, 1.165) is 0 Å². The smallest absolute Gasteiger partial charge is 0.338 e. The largest absolute Gasteiger partial charge is 0.478 e. The van der Waals surface area contributed by atoms with Crippen LogP contribution in [0.1, 0.15) is 20.7 Å². The maximum atomic E-state index is 10.9. The van der Waals surface area contributed by atoms with Crippen LogP contribution in [0.3, 0.4) is 0 Å². The molecule has 0 aliphatic heterocycles. The van der Waals surface area contributed by atoms with E-state index in [0.29, 0.717) is 0 Å². The fraction of sp³-hybridized carbons (Fsp3) is 0.111. The van der Waals surface area contributed by atoms with Gasteiger partial charge in [0.1, 0.15) is 0 Å². The number of carbonyl (C=O) groups is 2. The molecule has 0 aliphatic rings. The molecule has 1 aromatic carbocycles. The average Bonchev–Trinajstić information content (AvgIpc) is 2.25. The lowest BCUT2D eigenvalue weighted by atomic mass is 10.1. The molecule has 1 aromatic rings. The molecule has 0 amide bonds.